The van der Waals surface area contributed by atoms with Crippen molar-refractivity contribution in [2.45, 2.75) is 65.0 Å². The van der Waals surface area contributed by atoms with Gasteiger partial charge in [0.05, 0.1) is 0 Å². The number of piperidine rings is 1. The van der Waals surface area contributed by atoms with Gasteiger partial charge in [-0.3, -0.25) is 4.79 Å². The van der Waals surface area contributed by atoms with E-state index in [1.54, 1.807) is 0 Å². The maximum atomic E-state index is 12.3. The molecule has 3 atom stereocenters. The smallest absolute Gasteiger partial charge is 0.248 e. The van der Waals surface area contributed by atoms with E-state index in [1.807, 2.05) is 27.7 Å². The predicted molar refractivity (Wildman–Crippen MR) is 87.0 cm³/mol. The molecular weight excluding hydrogens is 304 g/mol. The minimum atomic E-state index is -0.258. The summed E-state index contributed by atoms with van der Waals surface area (Å²) in [6, 6.07) is 0.131. The van der Waals surface area contributed by atoms with Gasteiger partial charge in [-0.05, 0) is 33.2 Å². The first-order chi connectivity index (χ1) is 9.77. The molecule has 0 saturated carbocycles. The van der Waals surface area contributed by atoms with Crippen LogP contribution in [0.25, 0.3) is 0 Å². The van der Waals surface area contributed by atoms with Crippen LogP contribution in [0.15, 0.2) is 4.52 Å². The van der Waals surface area contributed by atoms with Gasteiger partial charge >= 0.3 is 0 Å². The number of carbonyl (C=O) groups excluding carboxylic acids is 1. The van der Waals surface area contributed by atoms with Gasteiger partial charge in [-0.25, -0.2) is 0 Å². The molecule has 7 heteroatoms. The van der Waals surface area contributed by atoms with E-state index in [2.05, 4.69) is 27.7 Å². The van der Waals surface area contributed by atoms with Crippen molar-refractivity contribution in [1.29, 1.82) is 0 Å². The molecule has 2 heterocycles. The van der Waals surface area contributed by atoms with Crippen LogP contribution in [-0.4, -0.2) is 28.6 Å². The molecule has 0 spiro atoms. The second kappa shape index (κ2) is 7.42. The third kappa shape index (κ3) is 4.68. The highest BCUT2D eigenvalue weighted by Gasteiger charge is 2.28. The Hall–Kier alpha value is -1.14. The van der Waals surface area contributed by atoms with Crippen LogP contribution < -0.4 is 10.6 Å². The topological polar surface area (TPSA) is 80.0 Å². The Morgan fingerprint density at radius 2 is 2.14 bits per heavy atom. The van der Waals surface area contributed by atoms with Crippen LogP contribution in [0.5, 0.6) is 0 Å². The maximum Gasteiger partial charge on any atom is 0.248 e. The molecule has 0 aromatic carbocycles. The minimum absolute atomic E-state index is 0. The van der Waals surface area contributed by atoms with E-state index in [1.165, 1.54) is 0 Å². The molecule has 6 nitrogen and oxygen atoms in total. The number of halogens is 1. The molecule has 1 aromatic heterocycles. The number of hydrogen-bond acceptors (Lipinski definition) is 5. The standard InChI is InChI=1S/C15H26N4O2.ClH/c1-9-8-11(6-7-16-9)12(20)17-10(2)13-18-14(19-21-13)15(3,4)5;/h9-11,16H,6-8H2,1-5H3,(H,17,20);1H/t9-,10?,11-;/m0./s1. The lowest BCUT2D eigenvalue weighted by atomic mass is 9.92. The van der Waals surface area contributed by atoms with Gasteiger partial charge in [0.2, 0.25) is 11.8 Å². The highest BCUT2D eigenvalue weighted by molar-refractivity contribution is 5.85. The van der Waals surface area contributed by atoms with E-state index < -0.39 is 0 Å². The normalized spacial score (nSPS) is 23.5. The zero-order chi connectivity index (χ0) is 15.6. The second-order valence-electron chi connectivity index (χ2n) is 7.01. The van der Waals surface area contributed by atoms with Crippen molar-refractivity contribution in [3.05, 3.63) is 11.7 Å². The first-order valence-corrected chi connectivity index (χ1v) is 7.65. The summed E-state index contributed by atoms with van der Waals surface area (Å²) in [5, 5.41) is 10.3. The van der Waals surface area contributed by atoms with Crippen LogP contribution in [0.1, 0.15) is 65.2 Å². The van der Waals surface area contributed by atoms with Crippen molar-refractivity contribution >= 4 is 18.3 Å². The molecule has 2 N–H and O–H groups in total. The van der Waals surface area contributed by atoms with Gasteiger partial charge in [-0.15, -0.1) is 12.4 Å². The number of amides is 1. The number of rotatable bonds is 3. The van der Waals surface area contributed by atoms with Gasteiger partial charge in [0.1, 0.15) is 6.04 Å². The molecule has 126 valence electrons. The van der Waals surface area contributed by atoms with Gasteiger partial charge in [-0.2, -0.15) is 4.98 Å². The van der Waals surface area contributed by atoms with Crippen LogP contribution in [0, 0.1) is 5.92 Å². The number of aromatic nitrogens is 2. The molecule has 1 unspecified atom stereocenters. The third-order valence-electron chi connectivity index (χ3n) is 3.84. The fourth-order valence-corrected chi connectivity index (χ4v) is 2.48. The molecule has 1 amide bonds. The summed E-state index contributed by atoms with van der Waals surface area (Å²) in [5.74, 6) is 1.27. The zero-order valence-corrected chi connectivity index (χ0v) is 14.8. The lowest BCUT2D eigenvalue weighted by molar-refractivity contribution is -0.126. The Bertz CT molecular complexity index is 498. The second-order valence-corrected chi connectivity index (χ2v) is 7.01. The van der Waals surface area contributed by atoms with Gasteiger partial charge in [0, 0.05) is 17.4 Å². The van der Waals surface area contributed by atoms with Crippen molar-refractivity contribution < 1.29 is 9.32 Å². The molecule has 0 aliphatic carbocycles. The lowest BCUT2D eigenvalue weighted by Gasteiger charge is -2.27. The van der Waals surface area contributed by atoms with Crippen molar-refractivity contribution in [1.82, 2.24) is 20.8 Å². The van der Waals surface area contributed by atoms with E-state index in [9.17, 15) is 4.79 Å². The van der Waals surface area contributed by atoms with E-state index in [-0.39, 0.29) is 35.7 Å². The molecular formula is C15H27ClN4O2. The van der Waals surface area contributed by atoms with E-state index in [0.717, 1.165) is 19.4 Å². The van der Waals surface area contributed by atoms with Crippen molar-refractivity contribution in [2.75, 3.05) is 6.54 Å². The molecule has 22 heavy (non-hydrogen) atoms. The summed E-state index contributed by atoms with van der Waals surface area (Å²) in [6.07, 6.45) is 1.75. The average molecular weight is 331 g/mol. The highest BCUT2D eigenvalue weighted by Crippen LogP contribution is 2.22. The Kier molecular flexibility index (Phi) is 6.38. The molecule has 1 aliphatic heterocycles. The van der Waals surface area contributed by atoms with Crippen molar-refractivity contribution in [3.63, 3.8) is 0 Å². The van der Waals surface area contributed by atoms with E-state index in [4.69, 9.17) is 4.52 Å². The van der Waals surface area contributed by atoms with Crippen molar-refractivity contribution in [3.8, 4) is 0 Å². The fraction of sp³-hybridized carbons (Fsp3) is 0.800. The minimum Gasteiger partial charge on any atom is -0.344 e. The fourth-order valence-electron chi connectivity index (χ4n) is 2.48. The molecule has 0 radical (unpaired) electrons. The highest BCUT2D eigenvalue weighted by atomic mass is 35.5. The summed E-state index contributed by atoms with van der Waals surface area (Å²) < 4.78 is 5.27. The summed E-state index contributed by atoms with van der Waals surface area (Å²) in [5.41, 5.74) is -0.157. The Morgan fingerprint density at radius 1 is 1.45 bits per heavy atom. The Morgan fingerprint density at radius 3 is 2.68 bits per heavy atom. The number of hydrogen-bond donors (Lipinski definition) is 2. The van der Waals surface area contributed by atoms with E-state index >= 15 is 0 Å². The molecule has 2 rings (SSSR count). The van der Waals surface area contributed by atoms with Gasteiger partial charge in [0.25, 0.3) is 0 Å². The summed E-state index contributed by atoms with van der Waals surface area (Å²) in [6.45, 7) is 11.0. The quantitative estimate of drug-likeness (QED) is 0.889. The summed E-state index contributed by atoms with van der Waals surface area (Å²) in [7, 11) is 0. The Labute approximate surface area is 138 Å². The van der Waals surface area contributed by atoms with Crippen LogP contribution in [-0.2, 0) is 10.2 Å². The molecule has 1 fully saturated rings. The van der Waals surface area contributed by atoms with Gasteiger partial charge in [0.15, 0.2) is 5.82 Å². The third-order valence-corrected chi connectivity index (χ3v) is 3.84. The first kappa shape index (κ1) is 18.9. The SMILES string of the molecule is CC(NC(=O)[C@H]1CCN[C@@H](C)C1)c1nc(C(C)(C)C)no1.Cl. The van der Waals surface area contributed by atoms with Crippen LogP contribution in [0.4, 0.5) is 0 Å². The monoisotopic (exact) mass is 330 g/mol. The maximum absolute atomic E-state index is 12.3. The predicted octanol–water partition coefficient (Wildman–Crippen LogP) is 2.35. The van der Waals surface area contributed by atoms with Crippen LogP contribution in [0.3, 0.4) is 0 Å². The van der Waals surface area contributed by atoms with Crippen LogP contribution >= 0.6 is 12.4 Å². The van der Waals surface area contributed by atoms with Crippen LogP contribution in [0.2, 0.25) is 0 Å². The zero-order valence-electron chi connectivity index (χ0n) is 14.0. The van der Waals surface area contributed by atoms with Crippen molar-refractivity contribution in [2.24, 2.45) is 5.92 Å². The average Bonchev–Trinajstić information content (AvgIpc) is 2.88. The lowest BCUT2D eigenvalue weighted by Crippen LogP contribution is -2.43. The van der Waals surface area contributed by atoms with Gasteiger partial charge < -0.3 is 15.2 Å². The van der Waals surface area contributed by atoms with Gasteiger partial charge in [-0.1, -0.05) is 25.9 Å². The first-order valence-electron chi connectivity index (χ1n) is 7.65. The largest absolute Gasteiger partial charge is 0.344 e. The number of carbonyl (C=O) groups is 1. The number of nitrogens with zero attached hydrogens (tertiary/aromatic N) is 2. The molecule has 1 aliphatic rings. The Balaban J connectivity index is 0.00000242. The molecule has 0 bridgehead atoms. The van der Waals surface area contributed by atoms with E-state index in [0.29, 0.717) is 17.8 Å². The summed E-state index contributed by atoms with van der Waals surface area (Å²) in [4.78, 5) is 16.7. The summed E-state index contributed by atoms with van der Waals surface area (Å²) >= 11 is 0. The molecule has 1 aromatic rings. The number of nitrogens with one attached hydrogen (secondary N) is 2. The molecule has 1 saturated heterocycles.